The molecule has 1 amide bonds. The molecule has 0 aliphatic carbocycles. The molecule has 0 saturated heterocycles. The van der Waals surface area contributed by atoms with Gasteiger partial charge >= 0.3 is 23.4 Å². The standard InChI is InChI=1S/C28H26BBrF3N3O6S/c1-17(2)27(29(38)39)34-26(37)16-36-24(20-10-3-5-12-22(20)30)15-23(35-36)21-11-4-6-13-25(21)42-43(40,41)19-9-7-8-18(14-19)28(31,32)33/h3-15,17,27,38-39H,16H2,1-2H3,(H,34,37). The predicted octanol–water partition coefficient (Wildman–Crippen LogP) is 4.92. The second-order valence-electron chi connectivity index (χ2n) is 9.86. The Morgan fingerprint density at radius 2 is 1.67 bits per heavy atom. The van der Waals surface area contributed by atoms with Crippen molar-refractivity contribution in [2.75, 3.05) is 0 Å². The lowest BCUT2D eigenvalue weighted by Crippen LogP contribution is -2.50. The van der Waals surface area contributed by atoms with E-state index in [1.807, 2.05) is 0 Å². The van der Waals surface area contributed by atoms with Gasteiger partial charge in [0.1, 0.15) is 11.4 Å². The van der Waals surface area contributed by atoms with Crippen LogP contribution in [0.5, 0.6) is 5.75 Å². The molecular weight excluding hydrogens is 654 g/mol. The predicted molar refractivity (Wildman–Crippen MR) is 157 cm³/mol. The lowest BCUT2D eigenvalue weighted by molar-refractivity contribution is -0.137. The summed E-state index contributed by atoms with van der Waals surface area (Å²) >= 11 is 3.49. The van der Waals surface area contributed by atoms with E-state index in [9.17, 15) is 36.4 Å². The van der Waals surface area contributed by atoms with Crippen molar-refractivity contribution in [3.05, 3.63) is 88.9 Å². The van der Waals surface area contributed by atoms with E-state index in [1.165, 1.54) is 22.9 Å². The Morgan fingerprint density at radius 1 is 1.02 bits per heavy atom. The first-order valence-electron chi connectivity index (χ1n) is 12.9. The van der Waals surface area contributed by atoms with Crippen molar-refractivity contribution in [1.82, 2.24) is 15.1 Å². The Morgan fingerprint density at radius 3 is 2.30 bits per heavy atom. The third kappa shape index (κ3) is 7.65. The molecule has 4 rings (SSSR count). The molecule has 1 aromatic heterocycles. The van der Waals surface area contributed by atoms with Crippen LogP contribution in [-0.2, 0) is 27.6 Å². The molecule has 0 spiro atoms. The topological polar surface area (TPSA) is 131 Å². The molecule has 0 saturated carbocycles. The Kier molecular flexibility index (Phi) is 9.69. The molecule has 226 valence electrons. The monoisotopic (exact) mass is 679 g/mol. The van der Waals surface area contributed by atoms with Crippen molar-refractivity contribution in [1.29, 1.82) is 0 Å². The zero-order valence-corrected chi connectivity index (χ0v) is 25.2. The van der Waals surface area contributed by atoms with E-state index >= 15 is 0 Å². The number of carbonyl (C=O) groups excluding carboxylic acids is 1. The second-order valence-corrected chi connectivity index (χ2v) is 12.3. The van der Waals surface area contributed by atoms with Gasteiger partial charge in [-0.25, -0.2) is 0 Å². The van der Waals surface area contributed by atoms with Crippen LogP contribution in [0.2, 0.25) is 0 Å². The van der Waals surface area contributed by atoms with E-state index < -0.39 is 45.7 Å². The number of carbonyl (C=O) groups is 1. The van der Waals surface area contributed by atoms with Gasteiger partial charge in [0.05, 0.1) is 22.9 Å². The summed E-state index contributed by atoms with van der Waals surface area (Å²) in [5, 5.41) is 26.5. The minimum Gasteiger partial charge on any atom is -0.426 e. The number of benzene rings is 3. The first-order chi connectivity index (χ1) is 20.2. The van der Waals surface area contributed by atoms with Crippen LogP contribution < -0.4 is 9.50 Å². The smallest absolute Gasteiger partial charge is 0.426 e. The van der Waals surface area contributed by atoms with Crippen molar-refractivity contribution >= 4 is 39.1 Å². The fraction of sp³-hybridized carbons (Fsp3) is 0.214. The van der Waals surface area contributed by atoms with E-state index in [2.05, 4.69) is 26.3 Å². The molecule has 1 atom stereocenters. The van der Waals surface area contributed by atoms with Gasteiger partial charge in [0.25, 0.3) is 0 Å². The fourth-order valence-corrected chi connectivity index (χ4v) is 5.74. The van der Waals surface area contributed by atoms with Crippen molar-refractivity contribution in [3.8, 4) is 28.3 Å². The second kappa shape index (κ2) is 12.9. The third-order valence-corrected chi connectivity index (χ3v) is 8.32. The molecule has 3 N–H and O–H groups in total. The molecule has 15 heteroatoms. The van der Waals surface area contributed by atoms with Gasteiger partial charge in [-0.3, -0.25) is 9.48 Å². The third-order valence-electron chi connectivity index (χ3n) is 6.40. The van der Waals surface area contributed by atoms with Gasteiger partial charge in [0, 0.05) is 15.6 Å². The molecule has 43 heavy (non-hydrogen) atoms. The lowest BCUT2D eigenvalue weighted by Gasteiger charge is -2.21. The van der Waals surface area contributed by atoms with Gasteiger partial charge in [-0.2, -0.15) is 26.7 Å². The zero-order valence-electron chi connectivity index (χ0n) is 22.8. The minimum atomic E-state index is -4.75. The number of rotatable bonds is 10. The highest BCUT2D eigenvalue weighted by atomic mass is 79.9. The van der Waals surface area contributed by atoms with Gasteiger partial charge in [-0.1, -0.05) is 66.2 Å². The van der Waals surface area contributed by atoms with Crippen LogP contribution in [-0.4, -0.2) is 47.2 Å². The average molecular weight is 680 g/mol. The van der Waals surface area contributed by atoms with Crippen LogP contribution in [0.15, 0.2) is 88.2 Å². The van der Waals surface area contributed by atoms with Gasteiger partial charge in [0.2, 0.25) is 5.91 Å². The van der Waals surface area contributed by atoms with E-state index in [-0.39, 0.29) is 29.5 Å². The summed E-state index contributed by atoms with van der Waals surface area (Å²) in [4.78, 5) is 12.3. The highest BCUT2D eigenvalue weighted by molar-refractivity contribution is 9.10. The largest absolute Gasteiger partial charge is 0.475 e. The molecule has 1 unspecified atom stereocenters. The van der Waals surface area contributed by atoms with Gasteiger partial charge < -0.3 is 19.5 Å². The summed E-state index contributed by atoms with van der Waals surface area (Å²) in [7, 11) is -6.48. The van der Waals surface area contributed by atoms with Crippen molar-refractivity contribution in [3.63, 3.8) is 0 Å². The molecule has 1 heterocycles. The van der Waals surface area contributed by atoms with Gasteiger partial charge in [0.15, 0.2) is 5.75 Å². The lowest BCUT2D eigenvalue weighted by atomic mass is 9.73. The molecule has 3 aromatic carbocycles. The number of halogens is 4. The van der Waals surface area contributed by atoms with Crippen LogP contribution >= 0.6 is 15.9 Å². The SMILES string of the molecule is CC(C)C(NC(=O)Cn1nc(-c2ccccc2OS(=O)(=O)c2cccc(C(F)(F)F)c2)cc1-c1ccccc1Br)B(O)O. The molecule has 9 nitrogen and oxygen atoms in total. The van der Waals surface area contributed by atoms with Crippen LogP contribution in [0, 0.1) is 5.92 Å². The first-order valence-corrected chi connectivity index (χ1v) is 15.1. The molecule has 0 aliphatic rings. The normalized spacial score (nSPS) is 12.7. The van der Waals surface area contributed by atoms with Crippen molar-refractivity contribution < 1.29 is 40.6 Å². The molecule has 0 aliphatic heterocycles. The van der Waals surface area contributed by atoms with E-state index in [4.69, 9.17) is 4.18 Å². The molecular formula is C28H26BBrF3N3O6S. The summed E-state index contributed by atoms with van der Waals surface area (Å²) in [6.07, 6.45) is -4.75. The number of hydrogen-bond acceptors (Lipinski definition) is 7. The Balaban J connectivity index is 1.74. The highest BCUT2D eigenvalue weighted by Crippen LogP contribution is 2.36. The maximum atomic E-state index is 13.2. The molecule has 0 radical (unpaired) electrons. The molecule has 4 aromatic rings. The summed E-state index contributed by atoms with van der Waals surface area (Å²) in [5.74, 6) is -1.99. The fourth-order valence-electron chi connectivity index (χ4n) is 4.25. The number of nitrogens with one attached hydrogen (secondary N) is 1. The van der Waals surface area contributed by atoms with E-state index in [0.29, 0.717) is 21.8 Å². The summed E-state index contributed by atoms with van der Waals surface area (Å²) in [5.41, 5.74) is 0.353. The number of aromatic nitrogens is 2. The number of hydrogen-bond donors (Lipinski definition) is 3. The minimum absolute atomic E-state index is 0.191. The number of alkyl halides is 3. The van der Waals surface area contributed by atoms with E-state index in [1.54, 1.807) is 50.2 Å². The average Bonchev–Trinajstić information content (AvgIpc) is 3.34. The zero-order chi connectivity index (χ0) is 31.5. The van der Waals surface area contributed by atoms with Crippen LogP contribution in [0.3, 0.4) is 0 Å². The van der Waals surface area contributed by atoms with Crippen LogP contribution in [0.4, 0.5) is 13.2 Å². The molecule has 0 bridgehead atoms. The summed E-state index contributed by atoms with van der Waals surface area (Å²) in [6, 6.07) is 17.9. The first kappa shape index (κ1) is 32.3. The van der Waals surface area contributed by atoms with Crippen LogP contribution in [0.1, 0.15) is 19.4 Å². The van der Waals surface area contributed by atoms with Crippen LogP contribution in [0.25, 0.3) is 22.5 Å². The van der Waals surface area contributed by atoms with Gasteiger partial charge in [-0.15, -0.1) is 0 Å². The highest BCUT2D eigenvalue weighted by Gasteiger charge is 2.32. The Hall–Kier alpha value is -3.66. The number of amides is 1. The van der Waals surface area contributed by atoms with E-state index in [0.717, 1.165) is 18.2 Å². The Bertz CT molecular complexity index is 1720. The van der Waals surface area contributed by atoms with Crippen molar-refractivity contribution in [2.24, 2.45) is 5.92 Å². The Labute approximate surface area is 254 Å². The van der Waals surface area contributed by atoms with Crippen molar-refractivity contribution in [2.45, 2.75) is 37.4 Å². The molecule has 0 fully saturated rings. The van der Waals surface area contributed by atoms with Gasteiger partial charge in [-0.05, 0) is 48.4 Å². The maximum Gasteiger partial charge on any atom is 0.475 e. The summed E-state index contributed by atoms with van der Waals surface area (Å²) in [6.45, 7) is 3.10. The number of para-hydroxylation sites is 1. The summed E-state index contributed by atoms with van der Waals surface area (Å²) < 4.78 is 73.1. The number of nitrogens with zero attached hydrogens (tertiary/aromatic N) is 2. The maximum absolute atomic E-state index is 13.2. The quantitative estimate of drug-likeness (QED) is 0.160.